The van der Waals surface area contributed by atoms with E-state index in [-0.39, 0.29) is 22.7 Å². The van der Waals surface area contributed by atoms with Crippen LogP contribution in [-0.4, -0.2) is 32.2 Å². The minimum Gasteiger partial charge on any atom is -0.497 e. The van der Waals surface area contributed by atoms with Gasteiger partial charge in [-0.05, 0) is 12.1 Å². The quantitative estimate of drug-likeness (QED) is 0.645. The highest BCUT2D eigenvalue weighted by Gasteiger charge is 2.24. The van der Waals surface area contributed by atoms with E-state index in [1.165, 1.54) is 27.4 Å². The number of nitro groups is 1. The van der Waals surface area contributed by atoms with Crippen LogP contribution in [0, 0.1) is 10.1 Å². The highest BCUT2D eigenvalue weighted by atomic mass is 16.6. The molecule has 126 valence electrons. The molecule has 2 aromatic rings. The lowest BCUT2D eigenvalue weighted by atomic mass is 10.1. The number of carbonyl (C=O) groups is 1. The van der Waals surface area contributed by atoms with Crippen LogP contribution in [0.3, 0.4) is 0 Å². The van der Waals surface area contributed by atoms with Crippen LogP contribution in [0.4, 0.5) is 11.4 Å². The fraction of sp³-hybridized carbons (Fsp3) is 0.188. The van der Waals surface area contributed by atoms with E-state index in [2.05, 4.69) is 5.32 Å². The van der Waals surface area contributed by atoms with Crippen molar-refractivity contribution < 1.29 is 23.9 Å². The van der Waals surface area contributed by atoms with Gasteiger partial charge >= 0.3 is 0 Å². The Morgan fingerprint density at radius 2 is 1.71 bits per heavy atom. The molecular formula is C16H16N2O6. The van der Waals surface area contributed by atoms with Gasteiger partial charge < -0.3 is 19.5 Å². The topological polar surface area (TPSA) is 99.9 Å². The van der Waals surface area contributed by atoms with Crippen molar-refractivity contribution >= 4 is 17.3 Å². The van der Waals surface area contributed by atoms with Gasteiger partial charge in [0.1, 0.15) is 11.3 Å². The van der Waals surface area contributed by atoms with Gasteiger partial charge in [0.2, 0.25) is 0 Å². The van der Waals surface area contributed by atoms with Crippen molar-refractivity contribution in [3.8, 4) is 17.2 Å². The third-order valence-corrected chi connectivity index (χ3v) is 3.27. The van der Waals surface area contributed by atoms with Crippen LogP contribution < -0.4 is 19.5 Å². The van der Waals surface area contributed by atoms with Crippen molar-refractivity contribution in [1.82, 2.24) is 0 Å². The Bertz CT molecular complexity index is 775. The molecule has 1 N–H and O–H groups in total. The number of hydrogen-bond acceptors (Lipinski definition) is 6. The van der Waals surface area contributed by atoms with Gasteiger partial charge in [0.15, 0.2) is 11.5 Å². The molecule has 24 heavy (non-hydrogen) atoms. The summed E-state index contributed by atoms with van der Waals surface area (Å²) in [6, 6.07) is 9.08. The van der Waals surface area contributed by atoms with Crippen LogP contribution in [-0.2, 0) is 0 Å². The molecule has 0 atom stereocenters. The Balaban J connectivity index is 2.41. The number of ether oxygens (including phenoxy) is 3. The highest BCUT2D eigenvalue weighted by molar-refractivity contribution is 6.07. The molecule has 0 aliphatic carbocycles. The van der Waals surface area contributed by atoms with Crippen LogP contribution in [0.15, 0.2) is 36.4 Å². The summed E-state index contributed by atoms with van der Waals surface area (Å²) in [5.74, 6) is 0.298. The maximum Gasteiger partial charge on any atom is 0.286 e. The summed E-state index contributed by atoms with van der Waals surface area (Å²) in [6.45, 7) is 0. The molecule has 0 aliphatic heterocycles. The summed E-state index contributed by atoms with van der Waals surface area (Å²) in [5.41, 5.74) is -0.0723. The zero-order valence-electron chi connectivity index (χ0n) is 13.4. The summed E-state index contributed by atoms with van der Waals surface area (Å²) in [6.07, 6.45) is 0. The van der Waals surface area contributed by atoms with Crippen molar-refractivity contribution in [2.75, 3.05) is 26.6 Å². The molecule has 0 spiro atoms. The average molecular weight is 332 g/mol. The van der Waals surface area contributed by atoms with E-state index >= 15 is 0 Å². The SMILES string of the molecule is COc1cccc(NC(=O)c2cc(OC)c(OC)cc2[N+](=O)[O-])c1. The van der Waals surface area contributed by atoms with E-state index in [9.17, 15) is 14.9 Å². The van der Waals surface area contributed by atoms with E-state index in [4.69, 9.17) is 14.2 Å². The van der Waals surface area contributed by atoms with E-state index < -0.39 is 10.8 Å². The van der Waals surface area contributed by atoms with Crippen LogP contribution in [0.1, 0.15) is 10.4 Å². The fourth-order valence-corrected chi connectivity index (χ4v) is 2.10. The van der Waals surface area contributed by atoms with Gasteiger partial charge in [0, 0.05) is 17.8 Å². The van der Waals surface area contributed by atoms with Crippen molar-refractivity contribution in [3.05, 3.63) is 52.1 Å². The number of hydrogen-bond donors (Lipinski definition) is 1. The zero-order chi connectivity index (χ0) is 17.7. The third kappa shape index (κ3) is 3.54. The van der Waals surface area contributed by atoms with Crippen LogP contribution in [0.25, 0.3) is 0 Å². The molecule has 2 aromatic carbocycles. The Morgan fingerprint density at radius 3 is 2.29 bits per heavy atom. The molecule has 0 unspecified atom stereocenters. The number of anilines is 1. The number of methoxy groups -OCH3 is 3. The molecule has 0 aliphatic rings. The predicted molar refractivity (Wildman–Crippen MR) is 87.1 cm³/mol. The maximum atomic E-state index is 12.5. The van der Waals surface area contributed by atoms with Gasteiger partial charge in [-0.25, -0.2) is 0 Å². The molecule has 0 saturated carbocycles. The first-order chi connectivity index (χ1) is 11.5. The normalized spacial score (nSPS) is 9.96. The van der Waals surface area contributed by atoms with Gasteiger partial charge in [-0.1, -0.05) is 6.07 Å². The molecule has 0 fully saturated rings. The second-order valence-electron chi connectivity index (χ2n) is 4.67. The maximum absolute atomic E-state index is 12.5. The largest absolute Gasteiger partial charge is 0.497 e. The van der Waals surface area contributed by atoms with Crippen LogP contribution in [0.5, 0.6) is 17.2 Å². The van der Waals surface area contributed by atoms with E-state index in [0.717, 1.165) is 6.07 Å². The smallest absolute Gasteiger partial charge is 0.286 e. The number of nitrogens with zero attached hydrogens (tertiary/aromatic N) is 1. The Kier molecular flexibility index (Phi) is 5.20. The van der Waals surface area contributed by atoms with E-state index in [1.54, 1.807) is 24.3 Å². The number of nitrogens with one attached hydrogen (secondary N) is 1. The Labute approximate surface area is 138 Å². The average Bonchev–Trinajstić information content (AvgIpc) is 2.60. The molecule has 0 heterocycles. The zero-order valence-corrected chi connectivity index (χ0v) is 13.4. The van der Waals surface area contributed by atoms with E-state index in [0.29, 0.717) is 11.4 Å². The second kappa shape index (κ2) is 7.32. The molecular weight excluding hydrogens is 316 g/mol. The molecule has 8 heteroatoms. The van der Waals surface area contributed by atoms with Crippen LogP contribution >= 0.6 is 0 Å². The highest BCUT2D eigenvalue weighted by Crippen LogP contribution is 2.34. The lowest BCUT2D eigenvalue weighted by molar-refractivity contribution is -0.385. The standard InChI is InChI=1S/C16H16N2O6/c1-22-11-6-4-5-10(7-11)17-16(19)12-8-14(23-2)15(24-3)9-13(12)18(20)21/h4-9H,1-3H3,(H,17,19). The number of rotatable bonds is 6. The summed E-state index contributed by atoms with van der Waals surface area (Å²) in [7, 11) is 4.24. The fourth-order valence-electron chi connectivity index (χ4n) is 2.10. The Morgan fingerprint density at radius 1 is 1.04 bits per heavy atom. The molecule has 8 nitrogen and oxygen atoms in total. The van der Waals surface area contributed by atoms with E-state index in [1.807, 2.05) is 0 Å². The third-order valence-electron chi connectivity index (χ3n) is 3.27. The lowest BCUT2D eigenvalue weighted by Gasteiger charge is -2.11. The molecule has 0 saturated heterocycles. The molecule has 0 bridgehead atoms. The summed E-state index contributed by atoms with van der Waals surface area (Å²) in [5, 5.41) is 13.9. The van der Waals surface area contributed by atoms with Gasteiger partial charge in [-0.3, -0.25) is 14.9 Å². The first kappa shape index (κ1) is 17.1. The minimum atomic E-state index is -0.650. The molecule has 1 amide bonds. The molecule has 0 aromatic heterocycles. The predicted octanol–water partition coefficient (Wildman–Crippen LogP) is 2.87. The van der Waals surface area contributed by atoms with Crippen molar-refractivity contribution in [2.24, 2.45) is 0 Å². The minimum absolute atomic E-state index is 0.138. The van der Waals surface area contributed by atoms with Crippen molar-refractivity contribution in [2.45, 2.75) is 0 Å². The first-order valence-corrected chi connectivity index (χ1v) is 6.86. The summed E-state index contributed by atoms with van der Waals surface area (Å²) >= 11 is 0. The summed E-state index contributed by atoms with van der Waals surface area (Å²) < 4.78 is 15.2. The molecule has 0 radical (unpaired) electrons. The van der Waals surface area contributed by atoms with Gasteiger partial charge in [0.25, 0.3) is 11.6 Å². The summed E-state index contributed by atoms with van der Waals surface area (Å²) in [4.78, 5) is 23.1. The monoisotopic (exact) mass is 332 g/mol. The number of nitro benzene ring substituents is 1. The number of carbonyl (C=O) groups excluding carboxylic acids is 1. The Hall–Kier alpha value is -3.29. The number of benzene rings is 2. The first-order valence-electron chi connectivity index (χ1n) is 6.86. The molecule has 2 rings (SSSR count). The lowest BCUT2D eigenvalue weighted by Crippen LogP contribution is -2.14. The van der Waals surface area contributed by atoms with Crippen molar-refractivity contribution in [1.29, 1.82) is 0 Å². The second-order valence-corrected chi connectivity index (χ2v) is 4.67. The van der Waals surface area contributed by atoms with Gasteiger partial charge in [-0.2, -0.15) is 0 Å². The van der Waals surface area contributed by atoms with Crippen molar-refractivity contribution in [3.63, 3.8) is 0 Å². The van der Waals surface area contributed by atoms with Crippen LogP contribution in [0.2, 0.25) is 0 Å². The number of amides is 1. The van der Waals surface area contributed by atoms with Gasteiger partial charge in [0.05, 0.1) is 32.3 Å². The van der Waals surface area contributed by atoms with Gasteiger partial charge in [-0.15, -0.1) is 0 Å².